The number of nitrogens with two attached hydrogens (primary N) is 2. The molecule has 2 atom stereocenters. The number of primary amides is 1. The van der Waals surface area contributed by atoms with E-state index in [9.17, 15) is 4.79 Å². The van der Waals surface area contributed by atoms with Crippen molar-refractivity contribution in [2.45, 2.75) is 18.4 Å². The summed E-state index contributed by atoms with van der Waals surface area (Å²) in [5.41, 5.74) is 12.0. The lowest BCUT2D eigenvalue weighted by molar-refractivity contribution is 0.100. The minimum absolute atomic E-state index is 0.292. The Balaban J connectivity index is 2.19. The standard InChI is InChI=1S/C8H10N2OS/c9-6-2-5(6)4-1-7(8(10)11)12-3-4/h1,3,5-6H,2,9H2,(H2,10,11). The van der Waals surface area contributed by atoms with Crippen LogP contribution >= 0.6 is 11.3 Å². The van der Waals surface area contributed by atoms with Crippen LogP contribution in [0.3, 0.4) is 0 Å². The summed E-state index contributed by atoms with van der Waals surface area (Å²) in [4.78, 5) is 11.4. The average Bonchev–Trinajstić information content (AvgIpc) is 2.59. The van der Waals surface area contributed by atoms with E-state index in [0.29, 0.717) is 16.8 Å². The lowest BCUT2D eigenvalue weighted by atomic mass is 10.2. The summed E-state index contributed by atoms with van der Waals surface area (Å²) in [5.74, 6) is 0.120. The van der Waals surface area contributed by atoms with Gasteiger partial charge in [0.2, 0.25) is 0 Å². The molecule has 1 aliphatic rings. The van der Waals surface area contributed by atoms with E-state index in [1.807, 2.05) is 11.4 Å². The molecule has 0 aromatic carbocycles. The smallest absolute Gasteiger partial charge is 0.258 e. The minimum atomic E-state index is -0.347. The molecule has 0 bridgehead atoms. The monoisotopic (exact) mass is 182 g/mol. The maximum absolute atomic E-state index is 10.7. The lowest BCUT2D eigenvalue weighted by Gasteiger charge is -1.88. The summed E-state index contributed by atoms with van der Waals surface area (Å²) < 4.78 is 0. The van der Waals surface area contributed by atoms with Crippen LogP contribution in [0.25, 0.3) is 0 Å². The molecule has 1 aromatic heterocycles. The third-order valence-corrected chi connectivity index (χ3v) is 3.09. The maximum atomic E-state index is 10.7. The van der Waals surface area contributed by atoms with Crippen LogP contribution in [-0.2, 0) is 0 Å². The lowest BCUT2D eigenvalue weighted by Crippen LogP contribution is -2.08. The molecule has 1 aliphatic carbocycles. The van der Waals surface area contributed by atoms with Crippen LogP contribution in [0, 0.1) is 0 Å². The first-order chi connectivity index (χ1) is 5.68. The molecule has 4 heteroatoms. The van der Waals surface area contributed by atoms with E-state index >= 15 is 0 Å². The Hall–Kier alpha value is -0.870. The first-order valence-corrected chi connectivity index (χ1v) is 4.70. The summed E-state index contributed by atoms with van der Waals surface area (Å²) in [6.45, 7) is 0. The van der Waals surface area contributed by atoms with Gasteiger partial charge in [-0.15, -0.1) is 11.3 Å². The highest BCUT2D eigenvalue weighted by atomic mass is 32.1. The van der Waals surface area contributed by atoms with Crippen LogP contribution in [0.2, 0.25) is 0 Å². The number of amides is 1. The molecule has 1 aromatic rings. The van der Waals surface area contributed by atoms with Crippen molar-refractivity contribution in [3.05, 3.63) is 21.9 Å². The van der Waals surface area contributed by atoms with Gasteiger partial charge in [0.25, 0.3) is 5.91 Å². The van der Waals surface area contributed by atoms with Crippen molar-refractivity contribution in [1.29, 1.82) is 0 Å². The second-order valence-corrected chi connectivity index (χ2v) is 4.03. The first-order valence-electron chi connectivity index (χ1n) is 3.82. The van der Waals surface area contributed by atoms with Crippen molar-refractivity contribution < 1.29 is 4.79 Å². The van der Waals surface area contributed by atoms with Crippen LogP contribution in [0.4, 0.5) is 0 Å². The summed E-state index contributed by atoms with van der Waals surface area (Å²) in [5, 5.41) is 1.97. The summed E-state index contributed by atoms with van der Waals surface area (Å²) in [6, 6.07) is 2.14. The van der Waals surface area contributed by atoms with Gasteiger partial charge >= 0.3 is 0 Å². The molecule has 0 saturated heterocycles. The molecule has 3 nitrogen and oxygen atoms in total. The molecule has 2 rings (SSSR count). The molecule has 0 aliphatic heterocycles. The van der Waals surface area contributed by atoms with Gasteiger partial charge in [-0.25, -0.2) is 0 Å². The van der Waals surface area contributed by atoms with Crippen LogP contribution in [0.5, 0.6) is 0 Å². The Labute approximate surface area is 74.4 Å². The molecular weight excluding hydrogens is 172 g/mol. The van der Waals surface area contributed by atoms with E-state index in [-0.39, 0.29) is 5.91 Å². The molecule has 1 heterocycles. The number of hydrogen-bond donors (Lipinski definition) is 2. The van der Waals surface area contributed by atoms with E-state index in [2.05, 4.69) is 0 Å². The fourth-order valence-corrected chi connectivity index (χ4v) is 2.10. The van der Waals surface area contributed by atoms with Gasteiger partial charge in [0, 0.05) is 12.0 Å². The Morgan fingerprint density at radius 1 is 1.67 bits per heavy atom. The van der Waals surface area contributed by atoms with Crippen LogP contribution in [0.15, 0.2) is 11.4 Å². The molecule has 0 spiro atoms. The normalized spacial score (nSPS) is 27.1. The van der Waals surface area contributed by atoms with Crippen molar-refractivity contribution in [1.82, 2.24) is 0 Å². The summed E-state index contributed by atoms with van der Waals surface area (Å²) in [7, 11) is 0. The zero-order valence-electron chi connectivity index (χ0n) is 6.49. The Morgan fingerprint density at radius 2 is 2.33 bits per heavy atom. The number of carbonyl (C=O) groups is 1. The van der Waals surface area contributed by atoms with Gasteiger partial charge in [0.15, 0.2) is 0 Å². The van der Waals surface area contributed by atoms with Crippen molar-refractivity contribution in [3.63, 3.8) is 0 Å². The van der Waals surface area contributed by atoms with Crippen molar-refractivity contribution in [2.75, 3.05) is 0 Å². The van der Waals surface area contributed by atoms with Gasteiger partial charge < -0.3 is 11.5 Å². The molecule has 0 radical (unpaired) electrons. The maximum Gasteiger partial charge on any atom is 0.258 e. The van der Waals surface area contributed by atoms with Crippen molar-refractivity contribution in [2.24, 2.45) is 11.5 Å². The van der Waals surface area contributed by atoms with E-state index in [1.54, 1.807) is 0 Å². The largest absolute Gasteiger partial charge is 0.365 e. The quantitative estimate of drug-likeness (QED) is 0.705. The van der Waals surface area contributed by atoms with Gasteiger partial charge in [0.05, 0.1) is 4.88 Å². The topological polar surface area (TPSA) is 69.1 Å². The highest BCUT2D eigenvalue weighted by Gasteiger charge is 2.35. The molecule has 1 saturated carbocycles. The summed E-state index contributed by atoms with van der Waals surface area (Å²) in [6.07, 6.45) is 1.04. The van der Waals surface area contributed by atoms with Gasteiger partial charge in [0.1, 0.15) is 0 Å². The van der Waals surface area contributed by atoms with Gasteiger partial charge in [-0.2, -0.15) is 0 Å². The van der Waals surface area contributed by atoms with Crippen molar-refractivity contribution in [3.8, 4) is 0 Å². The predicted octanol–water partition coefficient (Wildman–Crippen LogP) is 0.662. The Kier molecular flexibility index (Phi) is 1.66. The molecular formula is C8H10N2OS. The highest BCUT2D eigenvalue weighted by Crippen LogP contribution is 2.40. The molecule has 4 N–H and O–H groups in total. The number of thiophene rings is 1. The SMILES string of the molecule is NC(=O)c1cc(C2CC2N)cs1. The number of carbonyl (C=O) groups excluding carboxylic acids is 1. The van der Waals surface area contributed by atoms with Crippen LogP contribution in [0.1, 0.15) is 27.6 Å². The molecule has 1 amide bonds. The Bertz CT molecular complexity index is 321. The van der Waals surface area contributed by atoms with E-state index in [0.717, 1.165) is 6.42 Å². The first kappa shape index (κ1) is 7.76. The van der Waals surface area contributed by atoms with Crippen LogP contribution < -0.4 is 11.5 Å². The van der Waals surface area contributed by atoms with E-state index in [1.165, 1.54) is 16.9 Å². The molecule has 1 fully saturated rings. The Morgan fingerprint density at radius 3 is 2.75 bits per heavy atom. The predicted molar refractivity (Wildman–Crippen MR) is 48.2 cm³/mol. The fraction of sp³-hybridized carbons (Fsp3) is 0.375. The molecule has 64 valence electrons. The number of hydrogen-bond acceptors (Lipinski definition) is 3. The van der Waals surface area contributed by atoms with Gasteiger partial charge in [-0.05, 0) is 23.4 Å². The number of rotatable bonds is 2. The zero-order valence-corrected chi connectivity index (χ0v) is 7.30. The average molecular weight is 182 g/mol. The second-order valence-electron chi connectivity index (χ2n) is 3.11. The van der Waals surface area contributed by atoms with Gasteiger partial charge in [-0.1, -0.05) is 0 Å². The summed E-state index contributed by atoms with van der Waals surface area (Å²) >= 11 is 1.40. The third-order valence-electron chi connectivity index (χ3n) is 2.13. The van der Waals surface area contributed by atoms with Crippen molar-refractivity contribution >= 4 is 17.2 Å². The van der Waals surface area contributed by atoms with E-state index < -0.39 is 0 Å². The second kappa shape index (κ2) is 2.57. The van der Waals surface area contributed by atoms with E-state index in [4.69, 9.17) is 11.5 Å². The zero-order chi connectivity index (χ0) is 8.72. The molecule has 2 unspecified atom stereocenters. The highest BCUT2D eigenvalue weighted by molar-refractivity contribution is 7.12. The van der Waals surface area contributed by atoms with Crippen LogP contribution in [-0.4, -0.2) is 11.9 Å². The minimum Gasteiger partial charge on any atom is -0.365 e. The molecule has 12 heavy (non-hydrogen) atoms. The third kappa shape index (κ3) is 1.23. The fourth-order valence-electron chi connectivity index (χ4n) is 1.27. The van der Waals surface area contributed by atoms with Gasteiger partial charge in [-0.3, -0.25) is 4.79 Å².